The minimum absolute atomic E-state index is 0.298. The molecular formula is C34H54S. The zero-order valence-electron chi connectivity index (χ0n) is 23.7. The lowest BCUT2D eigenvalue weighted by Crippen LogP contribution is -2.40. The van der Waals surface area contributed by atoms with Crippen molar-refractivity contribution in [2.24, 2.45) is 29.1 Å². The van der Waals surface area contributed by atoms with Crippen LogP contribution in [0, 0.1) is 29.1 Å². The number of benzene rings is 1. The van der Waals surface area contributed by atoms with Gasteiger partial charge < -0.3 is 0 Å². The van der Waals surface area contributed by atoms with Gasteiger partial charge in [0.25, 0.3) is 0 Å². The third-order valence-electron chi connectivity index (χ3n) is 10.5. The van der Waals surface area contributed by atoms with Crippen LogP contribution in [0.1, 0.15) is 130 Å². The van der Waals surface area contributed by atoms with E-state index in [1.54, 1.807) is 10.5 Å². The molecule has 1 heteroatoms. The van der Waals surface area contributed by atoms with Crippen LogP contribution in [0.5, 0.6) is 0 Å². The van der Waals surface area contributed by atoms with E-state index in [1.807, 2.05) is 0 Å². The summed E-state index contributed by atoms with van der Waals surface area (Å²) in [7, 11) is 0. The van der Waals surface area contributed by atoms with Gasteiger partial charge in [-0.1, -0.05) is 107 Å². The second kappa shape index (κ2) is 12.2. The molecule has 4 rings (SSSR count). The average Bonchev–Trinajstić information content (AvgIpc) is 3.35. The lowest BCUT2D eigenvalue weighted by atomic mass is 9.67. The molecule has 2 unspecified atom stereocenters. The summed E-state index contributed by atoms with van der Waals surface area (Å²) < 4.78 is 0.298. The number of rotatable bonds is 7. The molecule has 0 N–H and O–H groups in total. The Labute approximate surface area is 222 Å². The van der Waals surface area contributed by atoms with Crippen molar-refractivity contribution in [2.45, 2.75) is 136 Å². The van der Waals surface area contributed by atoms with Crippen LogP contribution in [-0.4, -0.2) is 4.75 Å². The monoisotopic (exact) mass is 494 g/mol. The van der Waals surface area contributed by atoms with Crippen LogP contribution in [0.3, 0.4) is 0 Å². The third-order valence-corrected chi connectivity index (χ3v) is 12.5. The molecule has 1 aromatic rings. The van der Waals surface area contributed by atoms with E-state index >= 15 is 0 Å². The Morgan fingerprint density at radius 1 is 0.829 bits per heavy atom. The summed E-state index contributed by atoms with van der Waals surface area (Å²) in [5.74, 6) is 3.72. The van der Waals surface area contributed by atoms with Gasteiger partial charge in [0.05, 0.1) is 0 Å². The summed E-state index contributed by atoms with van der Waals surface area (Å²) in [6.45, 7) is 12.6. The maximum atomic E-state index is 2.65. The van der Waals surface area contributed by atoms with E-state index in [9.17, 15) is 0 Å². The number of thioether (sulfide) groups is 1. The largest absolute Gasteiger partial charge is 0.124 e. The summed E-state index contributed by atoms with van der Waals surface area (Å²) in [6, 6.07) is 11.2. The predicted molar refractivity (Wildman–Crippen MR) is 157 cm³/mol. The predicted octanol–water partition coefficient (Wildman–Crippen LogP) is 11.0. The van der Waals surface area contributed by atoms with Crippen LogP contribution in [-0.2, 0) is 6.42 Å². The lowest BCUT2D eigenvalue weighted by Gasteiger charge is -2.47. The SMILES string of the molecule is CC(C)=C(SC(C)(C)C1(C)CCCC(C2CCCC2)CCC1)C1CCCC(Cc2ccccc2)C1. The molecule has 1 aromatic carbocycles. The molecule has 35 heavy (non-hydrogen) atoms. The summed E-state index contributed by atoms with van der Waals surface area (Å²) in [4.78, 5) is 1.75. The van der Waals surface area contributed by atoms with Crippen molar-refractivity contribution in [3.05, 3.63) is 46.4 Å². The van der Waals surface area contributed by atoms with Crippen LogP contribution in [0.15, 0.2) is 40.8 Å². The first-order valence-electron chi connectivity index (χ1n) is 15.2. The summed E-state index contributed by atoms with van der Waals surface area (Å²) >= 11 is 2.30. The molecule has 0 heterocycles. The Morgan fingerprint density at radius 2 is 1.43 bits per heavy atom. The number of allylic oxidation sites excluding steroid dienone is 2. The fraction of sp³-hybridized carbons (Fsp3) is 0.765. The zero-order valence-corrected chi connectivity index (χ0v) is 24.5. The van der Waals surface area contributed by atoms with Crippen LogP contribution < -0.4 is 0 Å². The Hall–Kier alpha value is -0.690. The molecule has 0 amide bonds. The molecule has 0 aliphatic heterocycles. The summed E-state index contributed by atoms with van der Waals surface area (Å²) in [5.41, 5.74) is 3.56. The molecule has 0 aromatic heterocycles. The van der Waals surface area contributed by atoms with E-state index in [2.05, 4.69) is 76.7 Å². The molecule has 0 nitrogen and oxygen atoms in total. The van der Waals surface area contributed by atoms with E-state index in [-0.39, 0.29) is 0 Å². The maximum absolute atomic E-state index is 2.65. The van der Waals surface area contributed by atoms with E-state index in [0.29, 0.717) is 10.2 Å². The van der Waals surface area contributed by atoms with Gasteiger partial charge in [0.15, 0.2) is 0 Å². The Bertz CT molecular complexity index is 798. The van der Waals surface area contributed by atoms with Gasteiger partial charge in [-0.15, -0.1) is 11.8 Å². The van der Waals surface area contributed by atoms with Crippen molar-refractivity contribution in [1.29, 1.82) is 0 Å². The van der Waals surface area contributed by atoms with Crippen molar-refractivity contribution < 1.29 is 0 Å². The van der Waals surface area contributed by atoms with E-state index in [4.69, 9.17) is 0 Å². The second-order valence-corrected chi connectivity index (χ2v) is 15.2. The average molecular weight is 495 g/mol. The quantitative estimate of drug-likeness (QED) is 0.363. The van der Waals surface area contributed by atoms with Gasteiger partial charge in [-0.2, -0.15) is 0 Å². The molecule has 2 atom stereocenters. The first kappa shape index (κ1) is 27.3. The van der Waals surface area contributed by atoms with Crippen LogP contribution >= 0.6 is 11.8 Å². The Balaban J connectivity index is 1.39. The molecule has 0 spiro atoms. The van der Waals surface area contributed by atoms with Gasteiger partial charge in [0.2, 0.25) is 0 Å². The zero-order chi connectivity index (χ0) is 24.9. The van der Waals surface area contributed by atoms with Crippen LogP contribution in [0.4, 0.5) is 0 Å². The van der Waals surface area contributed by atoms with Gasteiger partial charge in [-0.05, 0) is 99.4 Å². The molecular weight excluding hydrogens is 440 g/mol. The van der Waals surface area contributed by atoms with Crippen molar-refractivity contribution in [2.75, 3.05) is 0 Å². The van der Waals surface area contributed by atoms with Crippen LogP contribution in [0.25, 0.3) is 0 Å². The summed E-state index contributed by atoms with van der Waals surface area (Å²) in [5, 5.41) is 0. The number of hydrogen-bond acceptors (Lipinski definition) is 1. The third kappa shape index (κ3) is 7.00. The molecule has 3 saturated carbocycles. The first-order valence-corrected chi connectivity index (χ1v) is 16.0. The number of hydrogen-bond donors (Lipinski definition) is 0. The minimum Gasteiger partial charge on any atom is -0.124 e. The summed E-state index contributed by atoms with van der Waals surface area (Å²) in [6.07, 6.45) is 21.7. The highest BCUT2D eigenvalue weighted by Gasteiger charge is 2.43. The van der Waals surface area contributed by atoms with Crippen molar-refractivity contribution >= 4 is 11.8 Å². The van der Waals surface area contributed by atoms with Crippen molar-refractivity contribution in [3.8, 4) is 0 Å². The van der Waals surface area contributed by atoms with Gasteiger partial charge in [0, 0.05) is 4.75 Å². The van der Waals surface area contributed by atoms with Gasteiger partial charge in [-0.25, -0.2) is 0 Å². The van der Waals surface area contributed by atoms with Crippen LogP contribution in [0.2, 0.25) is 0 Å². The Kier molecular flexibility index (Phi) is 9.56. The minimum atomic E-state index is 0.298. The molecule has 3 fully saturated rings. The highest BCUT2D eigenvalue weighted by Crippen LogP contribution is 2.55. The molecule has 3 aliphatic carbocycles. The molecule has 0 radical (unpaired) electrons. The first-order chi connectivity index (χ1) is 16.8. The molecule has 0 bridgehead atoms. The topological polar surface area (TPSA) is 0 Å². The highest BCUT2D eigenvalue weighted by atomic mass is 32.2. The van der Waals surface area contributed by atoms with Gasteiger partial charge >= 0.3 is 0 Å². The van der Waals surface area contributed by atoms with Gasteiger partial charge in [0.1, 0.15) is 0 Å². The lowest BCUT2D eigenvalue weighted by molar-refractivity contribution is 0.152. The molecule has 196 valence electrons. The standard InChI is InChI=1S/C34H54S/c1-26(2)32(31-19-11-16-28(25-31)24-27-14-7-6-8-15-27)35-33(3,4)34(5)22-12-20-30(21-13-23-34)29-17-9-10-18-29/h6-8,14-15,28-31H,9-13,16-25H2,1-5H3. The fourth-order valence-corrected chi connectivity index (χ4v) is 9.52. The highest BCUT2D eigenvalue weighted by molar-refractivity contribution is 8.04. The van der Waals surface area contributed by atoms with Crippen molar-refractivity contribution in [3.63, 3.8) is 0 Å². The molecule has 0 saturated heterocycles. The van der Waals surface area contributed by atoms with Gasteiger partial charge in [-0.3, -0.25) is 0 Å². The van der Waals surface area contributed by atoms with E-state index in [0.717, 1.165) is 23.7 Å². The van der Waals surface area contributed by atoms with E-state index in [1.165, 1.54) is 102 Å². The van der Waals surface area contributed by atoms with Crippen molar-refractivity contribution in [1.82, 2.24) is 0 Å². The molecule has 3 aliphatic rings. The Morgan fingerprint density at radius 3 is 2.03 bits per heavy atom. The normalized spacial score (nSPS) is 31.1. The maximum Gasteiger partial charge on any atom is 0.0201 e. The smallest absolute Gasteiger partial charge is 0.0201 e. The fourth-order valence-electron chi connectivity index (χ4n) is 7.93. The van der Waals surface area contributed by atoms with E-state index < -0.39 is 0 Å². The second-order valence-electron chi connectivity index (χ2n) is 13.5.